The third kappa shape index (κ3) is 2.52. The summed E-state index contributed by atoms with van der Waals surface area (Å²) in [6.07, 6.45) is 1.73. The van der Waals surface area contributed by atoms with Crippen LogP contribution in [-0.2, 0) is 4.74 Å². The molecule has 0 bridgehead atoms. The summed E-state index contributed by atoms with van der Waals surface area (Å²) in [4.78, 5) is 0. The summed E-state index contributed by atoms with van der Waals surface area (Å²) >= 11 is 0. The van der Waals surface area contributed by atoms with Crippen LogP contribution in [0.1, 0.15) is 5.56 Å². The monoisotopic (exact) mass is 296 g/mol. The molecule has 0 radical (unpaired) electrons. The van der Waals surface area contributed by atoms with Crippen LogP contribution in [0.2, 0.25) is 0 Å². The standard InChI is InChI=1S/C17H13FN2O2/c1-21-11-22-15-6-7-17-16(8-15)12(9-19)10-20(17)14-4-2-13(18)3-5-14/h2-8,10H,11H2,1H3. The number of hydrogen-bond acceptors (Lipinski definition) is 3. The highest BCUT2D eigenvalue weighted by molar-refractivity contribution is 5.89. The fourth-order valence-corrected chi connectivity index (χ4v) is 2.33. The van der Waals surface area contributed by atoms with Crippen molar-refractivity contribution < 1.29 is 13.9 Å². The van der Waals surface area contributed by atoms with Gasteiger partial charge in [0.1, 0.15) is 17.6 Å². The maximum atomic E-state index is 13.1. The van der Waals surface area contributed by atoms with E-state index in [9.17, 15) is 9.65 Å². The van der Waals surface area contributed by atoms with Gasteiger partial charge in [0.2, 0.25) is 0 Å². The molecule has 4 nitrogen and oxygen atoms in total. The second-order valence-electron chi connectivity index (χ2n) is 4.73. The van der Waals surface area contributed by atoms with Crippen molar-refractivity contribution in [1.29, 1.82) is 5.26 Å². The van der Waals surface area contributed by atoms with E-state index < -0.39 is 0 Å². The Balaban J connectivity index is 2.12. The Hall–Kier alpha value is -2.84. The van der Waals surface area contributed by atoms with Crippen molar-refractivity contribution in [1.82, 2.24) is 4.57 Å². The average Bonchev–Trinajstić information content (AvgIpc) is 2.91. The first-order valence-corrected chi connectivity index (χ1v) is 6.66. The van der Waals surface area contributed by atoms with Crippen LogP contribution < -0.4 is 4.74 Å². The molecule has 0 unspecified atom stereocenters. The maximum absolute atomic E-state index is 13.1. The molecule has 1 aromatic heterocycles. The van der Waals surface area contributed by atoms with Gasteiger partial charge in [-0.2, -0.15) is 5.26 Å². The summed E-state index contributed by atoms with van der Waals surface area (Å²) in [5, 5.41) is 10.1. The number of nitrogens with zero attached hydrogens (tertiary/aromatic N) is 2. The van der Waals surface area contributed by atoms with Gasteiger partial charge in [-0.15, -0.1) is 0 Å². The second-order valence-corrected chi connectivity index (χ2v) is 4.73. The minimum Gasteiger partial charge on any atom is -0.468 e. The molecular formula is C17H13FN2O2. The van der Waals surface area contributed by atoms with Crippen LogP contribution in [0.3, 0.4) is 0 Å². The zero-order chi connectivity index (χ0) is 15.5. The van der Waals surface area contributed by atoms with E-state index in [1.165, 1.54) is 12.1 Å². The number of benzene rings is 2. The molecule has 0 aliphatic carbocycles. The molecule has 3 aromatic rings. The van der Waals surface area contributed by atoms with Gasteiger partial charge >= 0.3 is 0 Å². The highest BCUT2D eigenvalue weighted by Gasteiger charge is 2.11. The molecule has 0 saturated heterocycles. The second kappa shape index (κ2) is 5.88. The maximum Gasteiger partial charge on any atom is 0.188 e. The summed E-state index contributed by atoms with van der Waals surface area (Å²) in [6.45, 7) is 0.145. The largest absolute Gasteiger partial charge is 0.468 e. The first kappa shape index (κ1) is 14.1. The van der Waals surface area contributed by atoms with Crippen molar-refractivity contribution in [2.45, 2.75) is 0 Å². The third-order valence-corrected chi connectivity index (χ3v) is 3.34. The fourth-order valence-electron chi connectivity index (χ4n) is 2.33. The first-order valence-electron chi connectivity index (χ1n) is 6.66. The summed E-state index contributed by atoms with van der Waals surface area (Å²) in [5.74, 6) is 0.332. The fraction of sp³-hybridized carbons (Fsp3) is 0.118. The normalized spacial score (nSPS) is 10.6. The van der Waals surface area contributed by atoms with E-state index in [0.29, 0.717) is 11.3 Å². The van der Waals surface area contributed by atoms with Gasteiger partial charge in [-0.3, -0.25) is 0 Å². The number of aromatic nitrogens is 1. The van der Waals surface area contributed by atoms with E-state index in [1.807, 2.05) is 16.7 Å². The lowest BCUT2D eigenvalue weighted by atomic mass is 10.2. The smallest absolute Gasteiger partial charge is 0.188 e. The minimum absolute atomic E-state index is 0.145. The Kier molecular flexibility index (Phi) is 3.77. The van der Waals surface area contributed by atoms with Gasteiger partial charge in [-0.05, 0) is 42.5 Å². The van der Waals surface area contributed by atoms with Crippen molar-refractivity contribution in [2.75, 3.05) is 13.9 Å². The molecule has 22 heavy (non-hydrogen) atoms. The van der Waals surface area contributed by atoms with E-state index in [0.717, 1.165) is 16.6 Å². The van der Waals surface area contributed by atoms with E-state index in [1.54, 1.807) is 31.5 Å². The van der Waals surface area contributed by atoms with Crippen LogP contribution in [0, 0.1) is 17.1 Å². The van der Waals surface area contributed by atoms with Crippen LogP contribution >= 0.6 is 0 Å². The van der Waals surface area contributed by atoms with E-state index in [-0.39, 0.29) is 12.6 Å². The molecule has 0 amide bonds. The van der Waals surface area contributed by atoms with Crippen molar-refractivity contribution in [3.8, 4) is 17.5 Å². The van der Waals surface area contributed by atoms with Crippen LogP contribution in [-0.4, -0.2) is 18.5 Å². The van der Waals surface area contributed by atoms with Crippen molar-refractivity contribution in [3.63, 3.8) is 0 Å². The molecule has 1 heterocycles. The van der Waals surface area contributed by atoms with Gasteiger partial charge in [-0.25, -0.2) is 4.39 Å². The topological polar surface area (TPSA) is 47.2 Å². The molecule has 2 aromatic carbocycles. The lowest BCUT2D eigenvalue weighted by Gasteiger charge is -2.07. The predicted octanol–water partition coefficient (Wildman–Crippen LogP) is 3.62. The summed E-state index contributed by atoms with van der Waals surface area (Å²) in [7, 11) is 1.55. The number of nitriles is 1. The van der Waals surface area contributed by atoms with Crippen LogP contribution in [0.25, 0.3) is 16.6 Å². The van der Waals surface area contributed by atoms with Crippen LogP contribution in [0.4, 0.5) is 4.39 Å². The van der Waals surface area contributed by atoms with Gasteiger partial charge < -0.3 is 14.0 Å². The number of fused-ring (bicyclic) bond motifs is 1. The lowest BCUT2D eigenvalue weighted by Crippen LogP contribution is -1.98. The predicted molar refractivity (Wildman–Crippen MR) is 80.5 cm³/mol. The van der Waals surface area contributed by atoms with Crippen LogP contribution in [0.5, 0.6) is 5.75 Å². The average molecular weight is 296 g/mol. The summed E-state index contributed by atoms with van der Waals surface area (Å²) < 4.78 is 25.2. The number of methoxy groups -OCH3 is 1. The molecule has 5 heteroatoms. The lowest BCUT2D eigenvalue weighted by molar-refractivity contribution is 0.0512. The van der Waals surface area contributed by atoms with Crippen molar-refractivity contribution >= 4 is 10.9 Å². The highest BCUT2D eigenvalue weighted by Crippen LogP contribution is 2.28. The zero-order valence-corrected chi connectivity index (χ0v) is 11.9. The van der Waals surface area contributed by atoms with Gasteiger partial charge in [0.05, 0.1) is 11.1 Å². The molecule has 0 fully saturated rings. The van der Waals surface area contributed by atoms with E-state index >= 15 is 0 Å². The van der Waals surface area contributed by atoms with Gasteiger partial charge in [0.25, 0.3) is 0 Å². The molecule has 0 N–H and O–H groups in total. The molecule has 0 spiro atoms. The van der Waals surface area contributed by atoms with Crippen molar-refractivity contribution in [3.05, 3.63) is 60.0 Å². The van der Waals surface area contributed by atoms with E-state index in [4.69, 9.17) is 9.47 Å². The molecule has 0 aliphatic rings. The number of rotatable bonds is 4. The third-order valence-electron chi connectivity index (χ3n) is 3.34. The molecular weight excluding hydrogens is 283 g/mol. The Morgan fingerprint density at radius 2 is 1.95 bits per heavy atom. The summed E-state index contributed by atoms with van der Waals surface area (Å²) in [5.41, 5.74) is 2.17. The van der Waals surface area contributed by atoms with Gasteiger partial charge in [-0.1, -0.05) is 0 Å². The van der Waals surface area contributed by atoms with E-state index in [2.05, 4.69) is 6.07 Å². The van der Waals surface area contributed by atoms with Crippen molar-refractivity contribution in [2.24, 2.45) is 0 Å². The molecule has 110 valence electrons. The Bertz CT molecular complexity index is 847. The quantitative estimate of drug-likeness (QED) is 0.691. The SMILES string of the molecule is COCOc1ccc2c(c1)c(C#N)cn2-c1ccc(F)cc1. The molecule has 3 rings (SSSR count). The zero-order valence-electron chi connectivity index (χ0n) is 11.9. The van der Waals surface area contributed by atoms with Crippen LogP contribution in [0.15, 0.2) is 48.7 Å². The number of ether oxygens (including phenoxy) is 2. The first-order chi connectivity index (χ1) is 10.7. The molecule has 0 atom stereocenters. The van der Waals surface area contributed by atoms with Gasteiger partial charge in [0, 0.05) is 24.4 Å². The number of hydrogen-bond donors (Lipinski definition) is 0. The van der Waals surface area contributed by atoms with Gasteiger partial charge in [0.15, 0.2) is 6.79 Å². The Morgan fingerprint density at radius 3 is 2.64 bits per heavy atom. The summed E-state index contributed by atoms with van der Waals surface area (Å²) in [6, 6.07) is 13.8. The Labute approximate surface area is 126 Å². The number of halogens is 1. The molecule has 0 saturated carbocycles. The molecule has 0 aliphatic heterocycles. The highest BCUT2D eigenvalue weighted by atomic mass is 19.1. The Morgan fingerprint density at radius 1 is 1.18 bits per heavy atom. The minimum atomic E-state index is -0.295.